The van der Waals surface area contributed by atoms with Crippen molar-refractivity contribution in [3.8, 4) is 0 Å². The van der Waals surface area contributed by atoms with Gasteiger partial charge in [-0.05, 0) is 55.6 Å². The number of rotatable bonds is 2. The molecule has 3 N–H and O–H groups in total. The zero-order chi connectivity index (χ0) is 23.7. The maximum atomic E-state index is 12.5. The van der Waals surface area contributed by atoms with Crippen molar-refractivity contribution in [2.45, 2.75) is 100 Å². The normalized spacial score (nSPS) is 57.2. The van der Waals surface area contributed by atoms with E-state index in [9.17, 15) is 20.1 Å². The standard InChI is InChI=1S/C26H34O8/c1-22-11-18(28)21-17(26(22,30)8-6-16(22)14-3-4-20(29)31-12-14)5-7-24-10-15-9-19(25(21,24)13-27)33-23(2,32-15)34-24/h3-4,12,15-19,21,27-28,30H,5-11,13H2,1-2H3/t15-,16+,17+,18+,19+,21+,22+,23+,24-,25-,26-/m0/s1. The minimum Gasteiger partial charge on any atom is -0.431 e. The molecule has 1 spiro atoms. The SMILES string of the molecule is C[C@@]12O[C@H]3C[C@@H](O1)[C@@]1(CO)[C@H]4[C@H](O)C[C@]5(C)[C@@H](c6ccc(=O)oc6)CC[C@]5(O)[C@@H]4CC[C@@]1(C3)O2. The minimum atomic E-state index is -1.11. The van der Waals surface area contributed by atoms with E-state index in [2.05, 4.69) is 6.92 Å². The topological polar surface area (TPSA) is 119 Å². The smallest absolute Gasteiger partial charge is 0.335 e. The summed E-state index contributed by atoms with van der Waals surface area (Å²) in [6, 6.07) is 3.21. The highest BCUT2D eigenvalue weighted by Crippen LogP contribution is 2.74. The van der Waals surface area contributed by atoms with Crippen LogP contribution in [0.4, 0.5) is 0 Å². The Morgan fingerprint density at radius 3 is 2.65 bits per heavy atom. The molecule has 0 radical (unpaired) electrons. The van der Waals surface area contributed by atoms with Gasteiger partial charge in [0.05, 0.1) is 47.8 Å². The molecule has 1 aromatic heterocycles. The van der Waals surface area contributed by atoms with Crippen LogP contribution in [0, 0.1) is 22.7 Å². The van der Waals surface area contributed by atoms with E-state index in [0.29, 0.717) is 38.5 Å². The van der Waals surface area contributed by atoms with Gasteiger partial charge in [0, 0.05) is 37.2 Å². The summed E-state index contributed by atoms with van der Waals surface area (Å²) in [5.74, 6) is -1.68. The van der Waals surface area contributed by atoms with Crippen molar-refractivity contribution in [2.24, 2.45) is 22.7 Å². The van der Waals surface area contributed by atoms with Crippen molar-refractivity contribution in [1.82, 2.24) is 0 Å². The third-order valence-electron chi connectivity index (χ3n) is 11.1. The lowest BCUT2D eigenvalue weighted by molar-refractivity contribution is -0.554. The van der Waals surface area contributed by atoms with Gasteiger partial charge < -0.3 is 33.9 Å². The van der Waals surface area contributed by atoms with Crippen molar-refractivity contribution in [2.75, 3.05) is 6.61 Å². The molecule has 3 saturated heterocycles. The maximum absolute atomic E-state index is 12.5. The Morgan fingerprint density at radius 1 is 1.12 bits per heavy atom. The van der Waals surface area contributed by atoms with Crippen LogP contribution in [-0.4, -0.2) is 57.4 Å². The lowest BCUT2D eigenvalue weighted by Crippen LogP contribution is -2.83. The lowest BCUT2D eigenvalue weighted by atomic mass is 9.39. The molecule has 34 heavy (non-hydrogen) atoms. The highest BCUT2D eigenvalue weighted by molar-refractivity contribution is 5.30. The lowest BCUT2D eigenvalue weighted by Gasteiger charge is -2.75. The number of aliphatic hydroxyl groups is 3. The molecule has 4 bridgehead atoms. The fraction of sp³-hybridized carbons (Fsp3) is 0.808. The minimum absolute atomic E-state index is 0.0198. The average molecular weight is 475 g/mol. The summed E-state index contributed by atoms with van der Waals surface area (Å²) in [6.45, 7) is 3.73. The monoisotopic (exact) mass is 474 g/mol. The molecular formula is C26H34O8. The van der Waals surface area contributed by atoms with Crippen LogP contribution in [0.2, 0.25) is 0 Å². The molecule has 8 nitrogen and oxygen atoms in total. The summed E-state index contributed by atoms with van der Waals surface area (Å²) < 4.78 is 24.0. The van der Waals surface area contributed by atoms with Gasteiger partial charge in [0.2, 0.25) is 0 Å². The Morgan fingerprint density at radius 2 is 1.94 bits per heavy atom. The molecule has 11 atom stereocenters. The van der Waals surface area contributed by atoms with Crippen molar-refractivity contribution in [3.63, 3.8) is 0 Å². The average Bonchev–Trinajstić information content (AvgIpc) is 3.04. The fourth-order valence-electron chi connectivity index (χ4n) is 9.95. The molecule has 7 fully saturated rings. The van der Waals surface area contributed by atoms with Crippen LogP contribution in [-0.2, 0) is 14.2 Å². The molecule has 4 saturated carbocycles. The molecule has 8 heteroatoms. The summed E-state index contributed by atoms with van der Waals surface area (Å²) in [5.41, 5.74) is -2.53. The van der Waals surface area contributed by atoms with Gasteiger partial charge in [-0.3, -0.25) is 0 Å². The van der Waals surface area contributed by atoms with E-state index in [1.54, 1.807) is 6.07 Å². The molecule has 1 aromatic rings. The van der Waals surface area contributed by atoms with Crippen LogP contribution < -0.4 is 5.63 Å². The quantitative estimate of drug-likeness (QED) is 0.596. The number of hydrogen-bond donors (Lipinski definition) is 3. The highest BCUT2D eigenvalue weighted by Gasteiger charge is 2.80. The number of aliphatic hydroxyl groups excluding tert-OH is 2. The second-order valence-corrected chi connectivity index (χ2v) is 12.2. The second-order valence-electron chi connectivity index (χ2n) is 12.2. The Labute approximate surface area is 198 Å². The number of fused-ring (bicyclic) bond motifs is 3. The van der Waals surface area contributed by atoms with Crippen LogP contribution in [0.15, 0.2) is 27.6 Å². The van der Waals surface area contributed by atoms with E-state index in [-0.39, 0.29) is 36.6 Å². The summed E-state index contributed by atoms with van der Waals surface area (Å²) in [6.07, 6.45) is 5.01. The van der Waals surface area contributed by atoms with Gasteiger partial charge in [0.1, 0.15) is 0 Å². The first kappa shape index (κ1) is 21.9. The van der Waals surface area contributed by atoms with Crippen molar-refractivity contribution in [3.05, 3.63) is 34.4 Å². The number of ether oxygens (including phenoxy) is 3. The first-order chi connectivity index (χ1) is 16.1. The molecule has 3 aliphatic heterocycles. The Hall–Kier alpha value is -1.29. The summed E-state index contributed by atoms with van der Waals surface area (Å²) in [7, 11) is 0. The predicted molar refractivity (Wildman–Crippen MR) is 118 cm³/mol. The molecule has 4 aliphatic carbocycles. The zero-order valence-corrected chi connectivity index (χ0v) is 19.7. The van der Waals surface area contributed by atoms with Crippen LogP contribution >= 0.6 is 0 Å². The van der Waals surface area contributed by atoms with Crippen LogP contribution in [0.25, 0.3) is 0 Å². The first-order valence-corrected chi connectivity index (χ1v) is 12.8. The Bertz CT molecular complexity index is 1070. The third-order valence-corrected chi connectivity index (χ3v) is 11.1. The van der Waals surface area contributed by atoms with Crippen molar-refractivity contribution in [1.29, 1.82) is 0 Å². The number of hydrogen-bond acceptors (Lipinski definition) is 8. The largest absolute Gasteiger partial charge is 0.431 e. The van der Waals surface area contributed by atoms with Gasteiger partial charge in [-0.1, -0.05) is 6.92 Å². The van der Waals surface area contributed by atoms with E-state index in [1.807, 2.05) is 6.92 Å². The fourth-order valence-corrected chi connectivity index (χ4v) is 9.95. The van der Waals surface area contributed by atoms with E-state index in [4.69, 9.17) is 18.6 Å². The van der Waals surface area contributed by atoms with E-state index in [0.717, 1.165) is 12.0 Å². The molecule has 0 aromatic carbocycles. The third kappa shape index (κ3) is 2.34. The molecule has 186 valence electrons. The second kappa shape index (κ2) is 6.52. The zero-order valence-electron chi connectivity index (χ0n) is 19.7. The Balaban J connectivity index is 1.32. The van der Waals surface area contributed by atoms with Gasteiger partial charge in [0.15, 0.2) is 0 Å². The maximum Gasteiger partial charge on any atom is 0.335 e. The summed E-state index contributed by atoms with van der Waals surface area (Å²) >= 11 is 0. The predicted octanol–water partition coefficient (Wildman–Crippen LogP) is 2.04. The van der Waals surface area contributed by atoms with Gasteiger partial charge >= 0.3 is 5.63 Å². The molecular weight excluding hydrogens is 440 g/mol. The highest BCUT2D eigenvalue weighted by atomic mass is 16.9. The van der Waals surface area contributed by atoms with Gasteiger partial charge in [-0.15, -0.1) is 0 Å². The molecule has 8 rings (SSSR count). The van der Waals surface area contributed by atoms with Crippen molar-refractivity contribution >= 4 is 0 Å². The van der Waals surface area contributed by atoms with E-state index in [1.165, 1.54) is 12.3 Å². The van der Waals surface area contributed by atoms with Crippen molar-refractivity contribution < 1.29 is 33.9 Å². The van der Waals surface area contributed by atoms with Gasteiger partial charge in [-0.2, -0.15) is 0 Å². The molecule has 4 heterocycles. The molecule has 0 unspecified atom stereocenters. The van der Waals surface area contributed by atoms with Gasteiger partial charge in [-0.25, -0.2) is 4.79 Å². The van der Waals surface area contributed by atoms with Gasteiger partial charge in [0.25, 0.3) is 5.97 Å². The summed E-state index contributed by atoms with van der Waals surface area (Å²) in [5, 5.41) is 35.3. The van der Waals surface area contributed by atoms with E-state index >= 15 is 0 Å². The van der Waals surface area contributed by atoms with Crippen LogP contribution in [0.1, 0.15) is 70.3 Å². The van der Waals surface area contributed by atoms with Crippen LogP contribution in [0.5, 0.6) is 0 Å². The van der Waals surface area contributed by atoms with Crippen LogP contribution in [0.3, 0.4) is 0 Å². The summed E-state index contributed by atoms with van der Waals surface area (Å²) in [4.78, 5) is 11.5. The Kier molecular flexibility index (Phi) is 4.21. The molecule has 7 aliphatic rings. The first-order valence-electron chi connectivity index (χ1n) is 12.8. The molecule has 0 amide bonds. The van der Waals surface area contributed by atoms with E-state index < -0.39 is 39.7 Å².